The van der Waals surface area contributed by atoms with Crippen molar-refractivity contribution in [3.8, 4) is 0 Å². The number of rotatable bonds is 5. The van der Waals surface area contributed by atoms with Gasteiger partial charge in [-0.05, 0) is 44.9 Å². The Labute approximate surface area is 118 Å². The number of esters is 1. The van der Waals surface area contributed by atoms with Crippen LogP contribution in [0.1, 0.15) is 36.7 Å². The molecule has 110 valence electrons. The molecule has 0 bridgehead atoms. The molecule has 0 aliphatic carbocycles. The second kappa shape index (κ2) is 6.52. The topological polar surface area (TPSA) is 75.6 Å². The van der Waals surface area contributed by atoms with E-state index in [1.54, 1.807) is 24.3 Å². The molecule has 0 radical (unpaired) electrons. The fourth-order valence-electron chi connectivity index (χ4n) is 1.90. The lowest BCUT2D eigenvalue weighted by molar-refractivity contribution is -0.140. The maximum absolute atomic E-state index is 11.5. The first-order valence-corrected chi connectivity index (χ1v) is 6.40. The molecular formula is C15H21NO4. The van der Waals surface area contributed by atoms with Crippen LogP contribution in [0.5, 0.6) is 0 Å². The molecule has 1 atom stereocenters. The standard InChI is InChI=1S/C15H21NO4/c1-15(2,3)16-12(13(17)18)9-10-6-5-7-11(8-10)14(19)20-4/h5-8,12,16H,9H2,1-4H3,(H,17,18)/t12-/m0/s1. The molecule has 1 rings (SSSR count). The first-order chi connectivity index (χ1) is 9.23. The number of aliphatic carboxylic acids is 1. The van der Waals surface area contributed by atoms with E-state index < -0.39 is 18.0 Å². The molecule has 1 aromatic rings. The summed E-state index contributed by atoms with van der Waals surface area (Å²) >= 11 is 0. The molecule has 0 heterocycles. The van der Waals surface area contributed by atoms with Crippen LogP contribution in [0, 0.1) is 0 Å². The molecule has 20 heavy (non-hydrogen) atoms. The summed E-state index contributed by atoms with van der Waals surface area (Å²) in [6.45, 7) is 5.73. The van der Waals surface area contributed by atoms with Gasteiger partial charge in [0, 0.05) is 5.54 Å². The predicted octanol–water partition coefficient (Wildman–Crippen LogP) is 1.86. The molecule has 0 saturated carbocycles. The SMILES string of the molecule is COC(=O)c1cccc(C[C@H](NC(C)(C)C)C(=O)O)c1. The normalized spacial score (nSPS) is 12.8. The average Bonchev–Trinajstić information content (AvgIpc) is 2.35. The lowest BCUT2D eigenvalue weighted by Gasteiger charge is -2.26. The third-order valence-corrected chi connectivity index (χ3v) is 2.69. The predicted molar refractivity (Wildman–Crippen MR) is 75.8 cm³/mol. The molecule has 2 N–H and O–H groups in total. The van der Waals surface area contributed by atoms with E-state index in [2.05, 4.69) is 10.1 Å². The molecule has 0 unspecified atom stereocenters. The summed E-state index contributed by atoms with van der Waals surface area (Å²) in [5, 5.41) is 12.3. The van der Waals surface area contributed by atoms with Gasteiger partial charge in [-0.25, -0.2) is 4.79 Å². The molecule has 0 saturated heterocycles. The van der Waals surface area contributed by atoms with Crippen LogP contribution in [0.4, 0.5) is 0 Å². The lowest BCUT2D eigenvalue weighted by Crippen LogP contribution is -2.48. The van der Waals surface area contributed by atoms with Gasteiger partial charge in [0.05, 0.1) is 12.7 Å². The van der Waals surface area contributed by atoms with E-state index in [1.165, 1.54) is 7.11 Å². The van der Waals surface area contributed by atoms with Crippen LogP contribution in [0.15, 0.2) is 24.3 Å². The zero-order valence-electron chi connectivity index (χ0n) is 12.3. The molecule has 5 heteroatoms. The number of carboxylic acids is 1. The highest BCUT2D eigenvalue weighted by atomic mass is 16.5. The van der Waals surface area contributed by atoms with Gasteiger partial charge in [-0.3, -0.25) is 10.1 Å². The zero-order chi connectivity index (χ0) is 15.3. The van der Waals surface area contributed by atoms with Gasteiger partial charge < -0.3 is 9.84 Å². The molecule has 0 spiro atoms. The summed E-state index contributed by atoms with van der Waals surface area (Å²) in [6.07, 6.45) is 0.303. The largest absolute Gasteiger partial charge is 0.480 e. The Morgan fingerprint density at radius 2 is 2.00 bits per heavy atom. The van der Waals surface area contributed by atoms with Gasteiger partial charge in [-0.15, -0.1) is 0 Å². The summed E-state index contributed by atoms with van der Waals surface area (Å²) in [5.74, 6) is -1.34. The van der Waals surface area contributed by atoms with E-state index in [-0.39, 0.29) is 5.54 Å². The van der Waals surface area contributed by atoms with Crippen LogP contribution in [0.2, 0.25) is 0 Å². The van der Waals surface area contributed by atoms with Crippen LogP contribution >= 0.6 is 0 Å². The number of hydrogen-bond acceptors (Lipinski definition) is 4. The smallest absolute Gasteiger partial charge is 0.337 e. The first kappa shape index (κ1) is 16.2. The number of hydrogen-bond donors (Lipinski definition) is 2. The van der Waals surface area contributed by atoms with Gasteiger partial charge in [0.2, 0.25) is 0 Å². The summed E-state index contributed by atoms with van der Waals surface area (Å²) in [7, 11) is 1.32. The number of ether oxygens (including phenoxy) is 1. The van der Waals surface area contributed by atoms with Gasteiger partial charge in [0.15, 0.2) is 0 Å². The van der Waals surface area contributed by atoms with Gasteiger partial charge in [0.25, 0.3) is 0 Å². The number of carbonyl (C=O) groups is 2. The van der Waals surface area contributed by atoms with Crippen molar-refractivity contribution < 1.29 is 19.4 Å². The van der Waals surface area contributed by atoms with Crippen LogP contribution < -0.4 is 5.32 Å². The molecule has 0 fully saturated rings. The van der Waals surface area contributed by atoms with Crippen molar-refractivity contribution in [3.05, 3.63) is 35.4 Å². The minimum Gasteiger partial charge on any atom is -0.480 e. The fourth-order valence-corrected chi connectivity index (χ4v) is 1.90. The maximum atomic E-state index is 11.5. The highest BCUT2D eigenvalue weighted by Gasteiger charge is 2.23. The lowest BCUT2D eigenvalue weighted by atomic mass is 10.0. The number of methoxy groups -OCH3 is 1. The Bertz CT molecular complexity index is 491. The van der Waals surface area contributed by atoms with Crippen molar-refractivity contribution in [2.75, 3.05) is 7.11 Å². The Balaban J connectivity index is 2.89. The zero-order valence-corrected chi connectivity index (χ0v) is 12.3. The molecular weight excluding hydrogens is 258 g/mol. The minimum absolute atomic E-state index is 0.303. The number of nitrogens with one attached hydrogen (secondary N) is 1. The van der Waals surface area contributed by atoms with E-state index in [0.717, 1.165) is 5.56 Å². The van der Waals surface area contributed by atoms with Crippen LogP contribution in [-0.4, -0.2) is 35.7 Å². The summed E-state index contributed by atoms with van der Waals surface area (Å²) in [4.78, 5) is 22.8. The highest BCUT2D eigenvalue weighted by molar-refractivity contribution is 5.89. The van der Waals surface area contributed by atoms with Crippen molar-refractivity contribution >= 4 is 11.9 Å². The molecule has 0 amide bonds. The van der Waals surface area contributed by atoms with Crippen molar-refractivity contribution in [1.82, 2.24) is 5.32 Å². The monoisotopic (exact) mass is 279 g/mol. The van der Waals surface area contributed by atoms with Crippen molar-refractivity contribution in [1.29, 1.82) is 0 Å². The van der Waals surface area contributed by atoms with E-state index in [1.807, 2.05) is 20.8 Å². The third-order valence-electron chi connectivity index (χ3n) is 2.69. The second-order valence-electron chi connectivity index (χ2n) is 5.68. The molecule has 0 aliphatic rings. The quantitative estimate of drug-likeness (QED) is 0.805. The van der Waals surface area contributed by atoms with Gasteiger partial charge in [-0.2, -0.15) is 0 Å². The van der Waals surface area contributed by atoms with Crippen LogP contribution in [0.25, 0.3) is 0 Å². The van der Waals surface area contributed by atoms with Crippen molar-refractivity contribution in [2.45, 2.75) is 38.8 Å². The van der Waals surface area contributed by atoms with E-state index >= 15 is 0 Å². The fraction of sp³-hybridized carbons (Fsp3) is 0.467. The Morgan fingerprint density at radius 3 is 2.50 bits per heavy atom. The number of benzene rings is 1. The average molecular weight is 279 g/mol. The van der Waals surface area contributed by atoms with Crippen LogP contribution in [-0.2, 0) is 16.0 Å². The highest BCUT2D eigenvalue weighted by Crippen LogP contribution is 2.11. The van der Waals surface area contributed by atoms with E-state index in [4.69, 9.17) is 0 Å². The number of carbonyl (C=O) groups excluding carboxylic acids is 1. The van der Waals surface area contributed by atoms with Gasteiger partial charge in [0.1, 0.15) is 6.04 Å². The van der Waals surface area contributed by atoms with Gasteiger partial charge in [-0.1, -0.05) is 12.1 Å². The number of carboxylic acid groups (broad SMARTS) is 1. The van der Waals surface area contributed by atoms with Crippen LogP contribution in [0.3, 0.4) is 0 Å². The summed E-state index contributed by atoms with van der Waals surface area (Å²) in [5.41, 5.74) is 0.894. The second-order valence-corrected chi connectivity index (χ2v) is 5.68. The first-order valence-electron chi connectivity index (χ1n) is 6.40. The maximum Gasteiger partial charge on any atom is 0.337 e. The summed E-state index contributed by atoms with van der Waals surface area (Å²) in [6, 6.07) is 6.11. The van der Waals surface area contributed by atoms with Gasteiger partial charge >= 0.3 is 11.9 Å². The molecule has 5 nitrogen and oxygen atoms in total. The molecule has 1 aromatic carbocycles. The van der Waals surface area contributed by atoms with Crippen molar-refractivity contribution in [2.24, 2.45) is 0 Å². The van der Waals surface area contributed by atoms with Crippen molar-refractivity contribution in [3.63, 3.8) is 0 Å². The Hall–Kier alpha value is -1.88. The Kier molecular flexibility index (Phi) is 5.27. The summed E-state index contributed by atoms with van der Waals surface area (Å²) < 4.78 is 4.65. The molecule has 0 aliphatic heterocycles. The molecule has 0 aromatic heterocycles. The van der Waals surface area contributed by atoms with E-state index in [9.17, 15) is 14.7 Å². The minimum atomic E-state index is -0.914. The Morgan fingerprint density at radius 1 is 1.35 bits per heavy atom. The van der Waals surface area contributed by atoms with E-state index in [0.29, 0.717) is 12.0 Å². The third kappa shape index (κ3) is 5.01.